The number of methoxy groups -OCH3 is 1. The van der Waals surface area contributed by atoms with E-state index in [1.165, 1.54) is 7.11 Å². The molecular weight excluding hydrogens is 584 g/mol. The molecule has 44 heavy (non-hydrogen) atoms. The number of rotatable bonds is 10. The van der Waals surface area contributed by atoms with Crippen molar-refractivity contribution in [2.75, 3.05) is 24.3 Å². The summed E-state index contributed by atoms with van der Waals surface area (Å²) in [6.07, 6.45) is 1.96. The van der Waals surface area contributed by atoms with Gasteiger partial charge in [-0.1, -0.05) is 12.1 Å². The molecule has 2 atom stereocenters. The van der Waals surface area contributed by atoms with E-state index in [1.807, 2.05) is 26.8 Å². The molecule has 1 aromatic heterocycles. The molecule has 1 fully saturated rings. The fourth-order valence-electron chi connectivity index (χ4n) is 5.33. The number of carbonyl (C=O) groups excluding carboxylic acids is 2. The summed E-state index contributed by atoms with van der Waals surface area (Å²) in [5, 5.41) is 8.94. The van der Waals surface area contributed by atoms with E-state index in [-0.39, 0.29) is 34.9 Å². The number of hydrogen-bond acceptors (Lipinski definition) is 11. The Kier molecular flexibility index (Phi) is 8.80. The van der Waals surface area contributed by atoms with Crippen molar-refractivity contribution >= 4 is 44.9 Å². The number of carbonyl (C=O) groups is 2. The third kappa shape index (κ3) is 6.20. The highest BCUT2D eigenvalue weighted by molar-refractivity contribution is 7.92. The maximum atomic E-state index is 13.6. The highest BCUT2D eigenvalue weighted by Crippen LogP contribution is 2.37. The standard InChI is InChI=1S/C31H38N6O6S/c1-17(2)43-26-11-20-16-37(21-12-25(32-15-21)30(39)42-6)29(38)22(20)13-24(26)35-31-33-14-19(5)28(36-31)34-23-9-7-8-10-27(23)44(40,41)18(3)4/h7-11,13-14,17-18,21,25,32H,12,15-16H2,1-6H3,(H2,33,34,35,36)/t21-,25-/m0/s1. The maximum absolute atomic E-state index is 13.6. The van der Waals surface area contributed by atoms with Crippen molar-refractivity contribution in [3.05, 3.63) is 59.3 Å². The Balaban J connectivity index is 1.43. The van der Waals surface area contributed by atoms with E-state index in [9.17, 15) is 18.0 Å². The van der Waals surface area contributed by atoms with Gasteiger partial charge in [0.2, 0.25) is 5.95 Å². The first-order chi connectivity index (χ1) is 20.9. The molecule has 0 unspecified atom stereocenters. The molecule has 2 aliphatic heterocycles. The normalized spacial score (nSPS) is 18.1. The van der Waals surface area contributed by atoms with Crippen LogP contribution in [-0.4, -0.2) is 72.3 Å². The number of aromatic nitrogens is 2. The molecule has 234 valence electrons. The summed E-state index contributed by atoms with van der Waals surface area (Å²) < 4.78 is 37.0. The van der Waals surface area contributed by atoms with Crippen LogP contribution in [0.3, 0.4) is 0 Å². The number of nitrogens with one attached hydrogen (secondary N) is 3. The molecule has 3 N–H and O–H groups in total. The number of fused-ring (bicyclic) bond motifs is 1. The van der Waals surface area contributed by atoms with Gasteiger partial charge in [0.05, 0.1) is 34.7 Å². The first-order valence-corrected chi connectivity index (χ1v) is 16.1. The van der Waals surface area contributed by atoms with Crippen molar-refractivity contribution in [2.45, 2.75) is 75.9 Å². The molecule has 2 aliphatic rings. The van der Waals surface area contributed by atoms with Crippen molar-refractivity contribution in [1.29, 1.82) is 0 Å². The molecule has 1 amide bonds. The van der Waals surface area contributed by atoms with Crippen LogP contribution in [0.5, 0.6) is 5.75 Å². The molecule has 1 saturated heterocycles. The summed E-state index contributed by atoms with van der Waals surface area (Å²) in [5.41, 5.74) is 3.00. The number of benzene rings is 2. The Morgan fingerprint density at radius 3 is 2.57 bits per heavy atom. The van der Waals surface area contributed by atoms with Gasteiger partial charge in [0, 0.05) is 36.5 Å². The number of esters is 1. The average molecular weight is 623 g/mol. The van der Waals surface area contributed by atoms with Gasteiger partial charge in [0.1, 0.15) is 17.6 Å². The lowest BCUT2D eigenvalue weighted by atomic mass is 10.1. The number of aryl methyl sites for hydroxylation is 1. The molecule has 3 heterocycles. The zero-order valence-electron chi connectivity index (χ0n) is 25.7. The molecule has 0 radical (unpaired) electrons. The van der Waals surface area contributed by atoms with Crippen LogP contribution < -0.4 is 20.7 Å². The molecule has 0 bridgehead atoms. The van der Waals surface area contributed by atoms with Gasteiger partial charge >= 0.3 is 5.97 Å². The van der Waals surface area contributed by atoms with E-state index in [1.54, 1.807) is 55.3 Å². The number of amides is 1. The molecular formula is C31H38N6O6S. The van der Waals surface area contributed by atoms with Crippen LogP contribution in [0.4, 0.5) is 23.1 Å². The monoisotopic (exact) mass is 622 g/mol. The largest absolute Gasteiger partial charge is 0.489 e. The second kappa shape index (κ2) is 12.4. The number of sulfone groups is 1. The molecule has 3 aromatic rings. The van der Waals surface area contributed by atoms with Gasteiger partial charge in [-0.15, -0.1) is 0 Å². The smallest absolute Gasteiger partial charge is 0.322 e. The zero-order valence-corrected chi connectivity index (χ0v) is 26.5. The Labute approximate surface area is 257 Å². The van der Waals surface area contributed by atoms with Crippen LogP contribution in [0.25, 0.3) is 0 Å². The van der Waals surface area contributed by atoms with Crippen molar-refractivity contribution in [3.8, 4) is 5.75 Å². The molecule has 0 aliphatic carbocycles. The Hall–Kier alpha value is -4.23. The van der Waals surface area contributed by atoms with Gasteiger partial charge in [-0.2, -0.15) is 4.98 Å². The Morgan fingerprint density at radius 2 is 1.86 bits per heavy atom. The predicted octanol–water partition coefficient (Wildman–Crippen LogP) is 4.10. The molecule has 5 rings (SSSR count). The summed E-state index contributed by atoms with van der Waals surface area (Å²) in [6.45, 7) is 9.84. The van der Waals surface area contributed by atoms with Crippen LogP contribution >= 0.6 is 0 Å². The van der Waals surface area contributed by atoms with Gasteiger partial charge in [0.15, 0.2) is 9.84 Å². The van der Waals surface area contributed by atoms with Gasteiger partial charge in [0.25, 0.3) is 5.91 Å². The minimum Gasteiger partial charge on any atom is -0.489 e. The Morgan fingerprint density at radius 1 is 1.11 bits per heavy atom. The number of nitrogens with zero attached hydrogens (tertiary/aromatic N) is 3. The third-order valence-corrected chi connectivity index (χ3v) is 9.93. The van der Waals surface area contributed by atoms with Crippen LogP contribution in [0, 0.1) is 6.92 Å². The summed E-state index contributed by atoms with van der Waals surface area (Å²) >= 11 is 0. The van der Waals surface area contributed by atoms with E-state index in [4.69, 9.17) is 9.47 Å². The quantitative estimate of drug-likeness (QED) is 0.280. The lowest BCUT2D eigenvalue weighted by molar-refractivity contribution is -0.142. The number of para-hydroxylation sites is 1. The maximum Gasteiger partial charge on any atom is 0.322 e. The van der Waals surface area contributed by atoms with Gasteiger partial charge in [-0.05, 0) is 70.9 Å². The molecule has 0 spiro atoms. The second-order valence-electron chi connectivity index (χ2n) is 11.5. The highest BCUT2D eigenvalue weighted by Gasteiger charge is 2.40. The van der Waals surface area contributed by atoms with Gasteiger partial charge in [-0.25, -0.2) is 13.4 Å². The first-order valence-electron chi connectivity index (χ1n) is 14.5. The summed E-state index contributed by atoms with van der Waals surface area (Å²) in [4.78, 5) is 36.6. The minimum absolute atomic E-state index is 0.133. The second-order valence-corrected chi connectivity index (χ2v) is 14.0. The van der Waals surface area contributed by atoms with Crippen LogP contribution in [-0.2, 0) is 25.9 Å². The molecule has 2 aromatic carbocycles. The van der Waals surface area contributed by atoms with Gasteiger partial charge < -0.3 is 30.3 Å². The molecule has 12 nitrogen and oxygen atoms in total. The molecule has 0 saturated carbocycles. The van der Waals surface area contributed by atoms with E-state index in [2.05, 4.69) is 25.9 Å². The highest BCUT2D eigenvalue weighted by atomic mass is 32.2. The fourth-order valence-corrected chi connectivity index (χ4v) is 6.53. The lowest BCUT2D eigenvalue weighted by Crippen LogP contribution is -2.36. The van der Waals surface area contributed by atoms with E-state index in [0.29, 0.717) is 53.6 Å². The van der Waals surface area contributed by atoms with Gasteiger partial charge in [-0.3, -0.25) is 9.59 Å². The fraction of sp³-hybridized carbons (Fsp3) is 0.419. The van der Waals surface area contributed by atoms with Crippen LogP contribution in [0.1, 0.15) is 55.6 Å². The predicted molar refractivity (Wildman–Crippen MR) is 166 cm³/mol. The average Bonchev–Trinajstić information content (AvgIpc) is 3.59. The number of anilines is 4. The number of hydrogen-bond donors (Lipinski definition) is 3. The summed E-state index contributed by atoms with van der Waals surface area (Å²) in [7, 11) is -2.19. The molecule has 13 heteroatoms. The SMILES string of the molecule is COC(=O)[C@@H]1C[C@H](N2Cc3cc(OC(C)C)c(Nc4ncc(C)c(Nc5ccccc5S(=O)(=O)C(C)C)n4)cc3C2=O)CN1. The first kappa shape index (κ1) is 31.2. The van der Waals surface area contributed by atoms with Crippen molar-refractivity contribution in [1.82, 2.24) is 20.2 Å². The van der Waals surface area contributed by atoms with Crippen molar-refractivity contribution in [2.24, 2.45) is 0 Å². The minimum atomic E-state index is -3.55. The van der Waals surface area contributed by atoms with Crippen molar-refractivity contribution in [3.63, 3.8) is 0 Å². The summed E-state index contributed by atoms with van der Waals surface area (Å²) in [6, 6.07) is 9.72. The third-order valence-electron chi connectivity index (χ3n) is 7.72. The van der Waals surface area contributed by atoms with E-state index in [0.717, 1.165) is 5.56 Å². The summed E-state index contributed by atoms with van der Waals surface area (Å²) in [5.74, 6) is 0.730. The van der Waals surface area contributed by atoms with E-state index >= 15 is 0 Å². The van der Waals surface area contributed by atoms with E-state index < -0.39 is 21.1 Å². The van der Waals surface area contributed by atoms with Crippen LogP contribution in [0.15, 0.2) is 47.5 Å². The van der Waals surface area contributed by atoms with Crippen LogP contribution in [0.2, 0.25) is 0 Å². The Bertz CT molecular complexity index is 1690. The zero-order chi connectivity index (χ0) is 31.8. The van der Waals surface area contributed by atoms with Crippen molar-refractivity contribution < 1.29 is 27.5 Å². The number of ether oxygens (including phenoxy) is 2. The topological polar surface area (TPSA) is 152 Å². The lowest BCUT2D eigenvalue weighted by Gasteiger charge is -2.22.